The molecule has 1 N–H and O–H groups in total. The van der Waals surface area contributed by atoms with Crippen molar-refractivity contribution >= 4 is 33.2 Å². The van der Waals surface area contributed by atoms with Crippen LogP contribution in [0, 0.1) is 5.82 Å². The van der Waals surface area contributed by atoms with E-state index < -0.39 is 0 Å². The van der Waals surface area contributed by atoms with Gasteiger partial charge in [0.05, 0.1) is 17.8 Å². The molecule has 0 unspecified atom stereocenters. The van der Waals surface area contributed by atoms with Gasteiger partial charge in [0.15, 0.2) is 0 Å². The smallest absolute Gasteiger partial charge is 0.128 e. The first-order valence-corrected chi connectivity index (χ1v) is 6.78. The molecule has 2 nitrogen and oxygen atoms in total. The Morgan fingerprint density at radius 3 is 2.79 bits per heavy atom. The third kappa shape index (κ3) is 3.61. The van der Waals surface area contributed by atoms with E-state index in [0.29, 0.717) is 28.6 Å². The second kappa shape index (κ2) is 6.26. The van der Waals surface area contributed by atoms with Gasteiger partial charge in [-0.3, -0.25) is 0 Å². The molecule has 0 saturated carbocycles. The van der Waals surface area contributed by atoms with Crippen molar-refractivity contribution < 1.29 is 9.13 Å². The molecule has 0 atom stereocenters. The van der Waals surface area contributed by atoms with Crippen LogP contribution in [0.5, 0.6) is 5.75 Å². The predicted molar refractivity (Wildman–Crippen MR) is 79.4 cm³/mol. The highest BCUT2D eigenvalue weighted by molar-refractivity contribution is 9.10. The summed E-state index contributed by atoms with van der Waals surface area (Å²) in [6.07, 6.45) is 0. The summed E-state index contributed by atoms with van der Waals surface area (Å²) >= 11 is 9.39. The Labute approximate surface area is 124 Å². The van der Waals surface area contributed by atoms with Gasteiger partial charge in [-0.2, -0.15) is 0 Å². The molecule has 100 valence electrons. The molecule has 0 bridgehead atoms. The van der Waals surface area contributed by atoms with Gasteiger partial charge in [0.25, 0.3) is 0 Å². The van der Waals surface area contributed by atoms with Crippen LogP contribution >= 0.6 is 27.5 Å². The molecule has 0 aliphatic carbocycles. The van der Waals surface area contributed by atoms with Crippen molar-refractivity contribution in [1.82, 2.24) is 0 Å². The summed E-state index contributed by atoms with van der Waals surface area (Å²) in [7, 11) is 1.58. The third-order valence-corrected chi connectivity index (χ3v) is 3.47. The monoisotopic (exact) mass is 343 g/mol. The van der Waals surface area contributed by atoms with Gasteiger partial charge in [0, 0.05) is 22.6 Å². The summed E-state index contributed by atoms with van der Waals surface area (Å²) in [5.74, 6) is 0.441. The van der Waals surface area contributed by atoms with Gasteiger partial charge in [-0.05, 0) is 30.3 Å². The maximum atomic E-state index is 13.6. The molecule has 0 aromatic heterocycles. The Bertz CT molecular complexity index is 592. The fourth-order valence-corrected chi connectivity index (χ4v) is 2.23. The molecule has 2 aromatic rings. The Morgan fingerprint density at radius 1 is 1.26 bits per heavy atom. The van der Waals surface area contributed by atoms with E-state index >= 15 is 0 Å². The predicted octanol–water partition coefficient (Wildman–Crippen LogP) is 4.86. The van der Waals surface area contributed by atoms with E-state index in [1.807, 2.05) is 0 Å². The SMILES string of the molecule is COc1ccc(Cl)c(NCc2cc(Br)ccc2F)c1. The number of rotatable bonds is 4. The largest absolute Gasteiger partial charge is 0.497 e. The van der Waals surface area contributed by atoms with Crippen LogP contribution in [0.3, 0.4) is 0 Å². The van der Waals surface area contributed by atoms with Crippen LogP contribution in [-0.4, -0.2) is 7.11 Å². The molecule has 2 rings (SSSR count). The van der Waals surface area contributed by atoms with Gasteiger partial charge in [-0.25, -0.2) is 4.39 Å². The molecule has 5 heteroatoms. The number of ether oxygens (including phenoxy) is 1. The Balaban J connectivity index is 2.16. The minimum absolute atomic E-state index is 0.255. The summed E-state index contributed by atoms with van der Waals surface area (Å²) in [4.78, 5) is 0. The van der Waals surface area contributed by atoms with Crippen molar-refractivity contribution in [3.05, 3.63) is 57.3 Å². The van der Waals surface area contributed by atoms with E-state index in [2.05, 4.69) is 21.2 Å². The normalized spacial score (nSPS) is 10.3. The van der Waals surface area contributed by atoms with Gasteiger partial charge in [-0.1, -0.05) is 27.5 Å². The maximum Gasteiger partial charge on any atom is 0.128 e. The topological polar surface area (TPSA) is 21.3 Å². The van der Waals surface area contributed by atoms with Crippen LogP contribution in [0.25, 0.3) is 0 Å². The van der Waals surface area contributed by atoms with Crippen molar-refractivity contribution in [2.75, 3.05) is 12.4 Å². The average Bonchev–Trinajstić information content (AvgIpc) is 2.41. The van der Waals surface area contributed by atoms with E-state index in [4.69, 9.17) is 16.3 Å². The summed E-state index contributed by atoms with van der Waals surface area (Å²) < 4.78 is 19.6. The maximum absolute atomic E-state index is 13.6. The van der Waals surface area contributed by atoms with Crippen molar-refractivity contribution in [3.63, 3.8) is 0 Å². The second-order valence-corrected chi connectivity index (χ2v) is 5.26. The van der Waals surface area contributed by atoms with E-state index in [0.717, 1.165) is 4.47 Å². The van der Waals surface area contributed by atoms with Crippen molar-refractivity contribution in [2.45, 2.75) is 6.54 Å². The number of halogens is 3. The van der Waals surface area contributed by atoms with Gasteiger partial charge < -0.3 is 10.1 Å². The van der Waals surface area contributed by atoms with Crippen LogP contribution in [-0.2, 0) is 6.54 Å². The minimum Gasteiger partial charge on any atom is -0.497 e. The molecule has 0 amide bonds. The van der Waals surface area contributed by atoms with Crippen molar-refractivity contribution in [3.8, 4) is 5.75 Å². The third-order valence-electron chi connectivity index (χ3n) is 2.65. The molecule has 2 aromatic carbocycles. The van der Waals surface area contributed by atoms with E-state index in [1.54, 1.807) is 37.4 Å². The number of anilines is 1. The summed E-state index contributed by atoms with van der Waals surface area (Å²) in [6.45, 7) is 0.345. The minimum atomic E-state index is -0.255. The molecule has 0 spiro atoms. The highest BCUT2D eigenvalue weighted by atomic mass is 79.9. The van der Waals surface area contributed by atoms with Gasteiger partial charge in [0.1, 0.15) is 11.6 Å². The van der Waals surface area contributed by atoms with Crippen LogP contribution in [0.1, 0.15) is 5.56 Å². The summed E-state index contributed by atoms with van der Waals surface area (Å²) in [6, 6.07) is 10.1. The fraction of sp³-hybridized carbons (Fsp3) is 0.143. The average molecular weight is 345 g/mol. The lowest BCUT2D eigenvalue weighted by Gasteiger charge is -2.11. The Morgan fingerprint density at radius 2 is 2.05 bits per heavy atom. The standard InChI is InChI=1S/C14H12BrClFNO/c1-19-11-3-4-12(16)14(7-11)18-8-9-6-10(15)2-5-13(9)17/h2-7,18H,8H2,1H3. The molecular weight excluding hydrogens is 333 g/mol. The second-order valence-electron chi connectivity index (χ2n) is 3.94. The summed E-state index contributed by atoms with van der Waals surface area (Å²) in [5.41, 5.74) is 1.27. The molecule has 0 heterocycles. The molecule has 0 aliphatic rings. The summed E-state index contributed by atoms with van der Waals surface area (Å²) in [5, 5.41) is 3.67. The van der Waals surface area contributed by atoms with Crippen LogP contribution in [0.4, 0.5) is 10.1 Å². The molecule has 19 heavy (non-hydrogen) atoms. The quantitative estimate of drug-likeness (QED) is 0.855. The van der Waals surface area contributed by atoms with Crippen LogP contribution in [0.2, 0.25) is 5.02 Å². The zero-order valence-electron chi connectivity index (χ0n) is 10.2. The van der Waals surface area contributed by atoms with E-state index in [-0.39, 0.29) is 5.82 Å². The Kier molecular flexibility index (Phi) is 4.66. The zero-order valence-corrected chi connectivity index (χ0v) is 12.6. The highest BCUT2D eigenvalue weighted by Gasteiger charge is 2.06. The molecular formula is C14H12BrClFNO. The van der Waals surface area contributed by atoms with Crippen LogP contribution < -0.4 is 10.1 Å². The lowest BCUT2D eigenvalue weighted by Crippen LogP contribution is -2.02. The highest BCUT2D eigenvalue weighted by Crippen LogP contribution is 2.27. The molecule has 0 fully saturated rings. The Hall–Kier alpha value is -1.26. The fourth-order valence-electron chi connectivity index (χ4n) is 1.64. The van der Waals surface area contributed by atoms with E-state index in [1.165, 1.54) is 6.07 Å². The van der Waals surface area contributed by atoms with E-state index in [9.17, 15) is 4.39 Å². The van der Waals surface area contributed by atoms with Gasteiger partial charge in [0.2, 0.25) is 0 Å². The zero-order chi connectivity index (χ0) is 13.8. The first-order valence-electron chi connectivity index (χ1n) is 5.61. The van der Waals surface area contributed by atoms with Gasteiger partial charge >= 0.3 is 0 Å². The number of hydrogen-bond donors (Lipinski definition) is 1. The van der Waals surface area contributed by atoms with Crippen molar-refractivity contribution in [2.24, 2.45) is 0 Å². The van der Waals surface area contributed by atoms with Gasteiger partial charge in [-0.15, -0.1) is 0 Å². The number of methoxy groups -OCH3 is 1. The molecule has 0 saturated heterocycles. The van der Waals surface area contributed by atoms with Crippen LogP contribution in [0.15, 0.2) is 40.9 Å². The lowest BCUT2D eigenvalue weighted by atomic mass is 10.2. The van der Waals surface area contributed by atoms with Crippen molar-refractivity contribution in [1.29, 1.82) is 0 Å². The lowest BCUT2D eigenvalue weighted by molar-refractivity contribution is 0.415. The number of benzene rings is 2. The number of nitrogens with one attached hydrogen (secondary N) is 1. The first-order chi connectivity index (χ1) is 9.10. The number of hydrogen-bond acceptors (Lipinski definition) is 2. The first kappa shape index (κ1) is 14.2. The molecule has 0 aliphatic heterocycles. The molecule has 0 radical (unpaired) electrons.